The number of aromatic nitrogens is 3. The molecular formula is C23H24FN5O5. The topological polar surface area (TPSA) is 141 Å². The molecule has 4 rings (SSSR count). The van der Waals surface area contributed by atoms with Crippen LogP contribution >= 0.6 is 0 Å². The number of H-pyrrole nitrogens is 1. The summed E-state index contributed by atoms with van der Waals surface area (Å²) in [6, 6.07) is 4.03. The third-order valence-corrected chi connectivity index (χ3v) is 5.77. The van der Waals surface area contributed by atoms with E-state index in [2.05, 4.69) is 15.6 Å². The van der Waals surface area contributed by atoms with Crippen LogP contribution in [0.4, 0.5) is 10.1 Å². The Bertz CT molecular complexity index is 1400. The number of fused-ring (bicyclic) bond motifs is 1. The predicted octanol–water partition coefficient (Wildman–Crippen LogP) is 1.26. The van der Waals surface area contributed by atoms with E-state index in [1.54, 1.807) is 19.9 Å². The lowest BCUT2D eigenvalue weighted by molar-refractivity contribution is -0.110. The van der Waals surface area contributed by atoms with Crippen LogP contribution in [0, 0.1) is 19.7 Å². The van der Waals surface area contributed by atoms with Gasteiger partial charge in [0.25, 0.3) is 11.8 Å². The molecule has 0 bridgehead atoms. The Morgan fingerprint density at radius 3 is 2.71 bits per heavy atom. The Balaban J connectivity index is 1.51. The van der Waals surface area contributed by atoms with Crippen molar-refractivity contribution in [1.82, 2.24) is 19.4 Å². The van der Waals surface area contributed by atoms with Gasteiger partial charge in [-0.1, -0.05) is 0 Å². The number of carbonyl (C=O) groups is 2. The molecule has 1 aliphatic rings. The lowest BCUT2D eigenvalue weighted by Gasteiger charge is -2.13. The van der Waals surface area contributed by atoms with E-state index < -0.39 is 23.5 Å². The number of halogens is 1. The zero-order valence-electron chi connectivity index (χ0n) is 18.8. The molecular weight excluding hydrogens is 445 g/mol. The molecule has 1 aromatic carbocycles. The van der Waals surface area contributed by atoms with Crippen molar-refractivity contribution >= 4 is 29.2 Å². The minimum absolute atomic E-state index is 0.158. The summed E-state index contributed by atoms with van der Waals surface area (Å²) in [5, 5.41) is 25.3. The number of carbonyl (C=O) groups excluding carboxylic acids is 2. The summed E-state index contributed by atoms with van der Waals surface area (Å²) in [4.78, 5) is 40.2. The van der Waals surface area contributed by atoms with Crippen LogP contribution in [0.1, 0.15) is 32.9 Å². The van der Waals surface area contributed by atoms with Crippen LogP contribution in [0.5, 0.6) is 5.88 Å². The van der Waals surface area contributed by atoms with E-state index in [4.69, 9.17) is 0 Å². The number of imidazole rings is 1. The van der Waals surface area contributed by atoms with Gasteiger partial charge in [0.1, 0.15) is 5.82 Å². The van der Waals surface area contributed by atoms with Gasteiger partial charge in [0, 0.05) is 36.2 Å². The maximum Gasteiger partial charge on any atom is 0.330 e. The fraction of sp³-hybridized carbons (Fsp3) is 0.261. The molecule has 0 aliphatic carbocycles. The minimum Gasteiger partial charge on any atom is -0.493 e. The molecule has 0 radical (unpaired) electrons. The third-order valence-electron chi connectivity index (χ3n) is 5.77. The smallest absolute Gasteiger partial charge is 0.330 e. The largest absolute Gasteiger partial charge is 0.493 e. The van der Waals surface area contributed by atoms with E-state index in [1.165, 1.54) is 36.0 Å². The number of benzene rings is 1. The molecule has 1 unspecified atom stereocenters. The van der Waals surface area contributed by atoms with Crippen LogP contribution in [0.2, 0.25) is 0 Å². The van der Waals surface area contributed by atoms with Crippen molar-refractivity contribution in [2.45, 2.75) is 26.5 Å². The SMILES string of the molecule is Cc1[nH]c(C=C2C(=O)Nc3ccc(F)cc32)c(C)c1C(=O)NCC(O)Cn1c(O)cn(C)c1=O. The highest BCUT2D eigenvalue weighted by Gasteiger charge is 2.26. The monoisotopic (exact) mass is 469 g/mol. The maximum absolute atomic E-state index is 13.7. The molecule has 2 aromatic heterocycles. The van der Waals surface area contributed by atoms with Crippen molar-refractivity contribution in [3.63, 3.8) is 0 Å². The first kappa shape index (κ1) is 23.1. The van der Waals surface area contributed by atoms with E-state index in [-0.39, 0.29) is 30.4 Å². The predicted molar refractivity (Wildman–Crippen MR) is 123 cm³/mol. The molecule has 1 atom stereocenters. The number of hydrogen-bond acceptors (Lipinski definition) is 5. The number of nitrogens with zero attached hydrogens (tertiary/aromatic N) is 2. The second-order valence-corrected chi connectivity index (χ2v) is 8.22. The van der Waals surface area contributed by atoms with Gasteiger partial charge in [-0.05, 0) is 43.7 Å². The zero-order chi connectivity index (χ0) is 24.7. The number of amides is 2. The van der Waals surface area contributed by atoms with Crippen molar-refractivity contribution in [3.8, 4) is 5.88 Å². The van der Waals surface area contributed by atoms with Gasteiger partial charge in [0.05, 0.1) is 30.0 Å². The van der Waals surface area contributed by atoms with Crippen LogP contribution in [0.3, 0.4) is 0 Å². The first-order chi connectivity index (χ1) is 16.1. The number of hydrogen-bond donors (Lipinski definition) is 5. The Hall–Kier alpha value is -4.12. The highest BCUT2D eigenvalue weighted by Crippen LogP contribution is 2.34. The van der Waals surface area contributed by atoms with Gasteiger partial charge in [-0.15, -0.1) is 0 Å². The number of rotatable bonds is 6. The van der Waals surface area contributed by atoms with Gasteiger partial charge in [-0.3, -0.25) is 18.7 Å². The summed E-state index contributed by atoms with van der Waals surface area (Å²) in [6.07, 6.45) is 1.68. The zero-order valence-corrected chi connectivity index (χ0v) is 18.8. The van der Waals surface area contributed by atoms with Gasteiger partial charge in [-0.25, -0.2) is 9.18 Å². The Morgan fingerprint density at radius 1 is 1.29 bits per heavy atom. The molecule has 3 aromatic rings. The van der Waals surface area contributed by atoms with Crippen LogP contribution < -0.4 is 16.3 Å². The van der Waals surface area contributed by atoms with E-state index in [0.29, 0.717) is 33.8 Å². The number of aromatic hydroxyl groups is 1. The van der Waals surface area contributed by atoms with Crippen molar-refractivity contribution in [3.05, 3.63) is 68.8 Å². The summed E-state index contributed by atoms with van der Waals surface area (Å²) in [6.45, 7) is 3.06. The molecule has 11 heteroatoms. The summed E-state index contributed by atoms with van der Waals surface area (Å²) in [7, 11) is 1.47. The quantitative estimate of drug-likeness (QED) is 0.346. The Morgan fingerprint density at radius 2 is 2.03 bits per heavy atom. The number of anilines is 1. The van der Waals surface area contributed by atoms with E-state index >= 15 is 0 Å². The molecule has 0 saturated carbocycles. The summed E-state index contributed by atoms with van der Waals surface area (Å²) < 4.78 is 15.9. The molecule has 2 amide bonds. The second-order valence-electron chi connectivity index (χ2n) is 8.22. The lowest BCUT2D eigenvalue weighted by Crippen LogP contribution is -2.37. The molecule has 5 N–H and O–H groups in total. The molecule has 10 nitrogen and oxygen atoms in total. The van der Waals surface area contributed by atoms with Gasteiger partial charge >= 0.3 is 5.69 Å². The van der Waals surface area contributed by atoms with Crippen molar-refractivity contribution in [1.29, 1.82) is 0 Å². The number of nitrogens with one attached hydrogen (secondary N) is 3. The van der Waals surface area contributed by atoms with Gasteiger partial charge in [0.2, 0.25) is 5.88 Å². The van der Waals surface area contributed by atoms with Crippen LogP contribution in [-0.4, -0.2) is 48.8 Å². The molecule has 0 fully saturated rings. The lowest BCUT2D eigenvalue weighted by atomic mass is 10.0. The van der Waals surface area contributed by atoms with Crippen molar-refractivity contribution < 1.29 is 24.2 Å². The maximum atomic E-state index is 13.7. The first-order valence-corrected chi connectivity index (χ1v) is 10.5. The average molecular weight is 469 g/mol. The third kappa shape index (κ3) is 4.13. The standard InChI is InChI=1S/C23H24FN5O5/c1-11-18(7-16-15-6-13(24)4-5-17(15)27-21(16)32)26-12(2)20(11)22(33)25-8-14(30)9-29-19(31)10-28(3)23(29)34/h4-7,10,14,26,30-31H,8-9H2,1-3H3,(H,25,33)(H,27,32). The van der Waals surface area contributed by atoms with Gasteiger partial charge in [0.15, 0.2) is 0 Å². The average Bonchev–Trinajstić information content (AvgIpc) is 3.32. The van der Waals surface area contributed by atoms with Gasteiger partial charge < -0.3 is 25.8 Å². The van der Waals surface area contributed by atoms with Gasteiger partial charge in [-0.2, -0.15) is 0 Å². The molecule has 3 heterocycles. The molecule has 0 spiro atoms. The van der Waals surface area contributed by atoms with E-state index in [1.807, 2.05) is 0 Å². The van der Waals surface area contributed by atoms with E-state index in [9.17, 15) is 29.0 Å². The Labute approximate surface area is 193 Å². The number of aryl methyl sites for hydroxylation is 2. The van der Waals surface area contributed by atoms with Crippen LogP contribution in [0.25, 0.3) is 11.6 Å². The highest BCUT2D eigenvalue weighted by atomic mass is 19.1. The fourth-order valence-corrected chi connectivity index (χ4v) is 4.04. The van der Waals surface area contributed by atoms with Crippen molar-refractivity contribution in [2.75, 3.05) is 11.9 Å². The summed E-state index contributed by atoms with van der Waals surface area (Å²) >= 11 is 0. The van der Waals surface area contributed by atoms with Crippen LogP contribution in [-0.2, 0) is 18.4 Å². The summed E-state index contributed by atoms with van der Waals surface area (Å²) in [5.41, 5.74) is 2.71. The van der Waals surface area contributed by atoms with Crippen molar-refractivity contribution in [2.24, 2.45) is 7.05 Å². The Kier molecular flexibility index (Phi) is 5.88. The first-order valence-electron chi connectivity index (χ1n) is 10.5. The number of aromatic amines is 1. The van der Waals surface area contributed by atoms with E-state index in [0.717, 1.165) is 4.57 Å². The molecule has 178 valence electrons. The molecule has 0 saturated heterocycles. The molecule has 1 aliphatic heterocycles. The van der Waals surface area contributed by atoms with Crippen LogP contribution in [0.15, 0.2) is 29.2 Å². The minimum atomic E-state index is -1.12. The molecule has 34 heavy (non-hydrogen) atoms. The second kappa shape index (κ2) is 8.67. The highest BCUT2D eigenvalue weighted by molar-refractivity contribution is 6.34. The number of aliphatic hydroxyl groups excluding tert-OH is 1. The number of aliphatic hydroxyl groups is 1. The normalized spacial score (nSPS) is 14.9. The fourth-order valence-electron chi connectivity index (χ4n) is 4.04. The summed E-state index contributed by atoms with van der Waals surface area (Å²) in [5.74, 6) is -1.58.